The van der Waals surface area contributed by atoms with Crippen LogP contribution in [0, 0.1) is 17.2 Å². The van der Waals surface area contributed by atoms with E-state index in [0.29, 0.717) is 6.54 Å². The molecule has 74 valence electrons. The molecule has 3 nitrogen and oxygen atoms in total. The molecular weight excluding hydrogens is 242 g/mol. The molecule has 1 atom stereocenters. The van der Waals surface area contributed by atoms with Crippen molar-refractivity contribution in [2.45, 2.75) is 6.92 Å². The van der Waals surface area contributed by atoms with E-state index in [1.165, 1.54) is 0 Å². The van der Waals surface area contributed by atoms with Crippen molar-refractivity contribution in [1.29, 1.82) is 5.26 Å². The summed E-state index contributed by atoms with van der Waals surface area (Å²) in [7, 11) is 1.96. The summed E-state index contributed by atoms with van der Waals surface area (Å²) in [5, 5.41) is 8.68. The summed E-state index contributed by atoms with van der Waals surface area (Å²) in [6, 6.07) is 4.19. The SMILES string of the molecule is CC(C#N)CN(C)c1cncc(Br)c1. The van der Waals surface area contributed by atoms with Gasteiger partial charge < -0.3 is 4.90 Å². The monoisotopic (exact) mass is 253 g/mol. The lowest BCUT2D eigenvalue weighted by Gasteiger charge is -2.19. The first kappa shape index (κ1) is 11.0. The van der Waals surface area contributed by atoms with Crippen molar-refractivity contribution in [2.24, 2.45) is 5.92 Å². The molecule has 1 unspecified atom stereocenters. The molecule has 0 aliphatic rings. The molecule has 0 aliphatic carbocycles. The van der Waals surface area contributed by atoms with E-state index in [0.717, 1.165) is 10.2 Å². The largest absolute Gasteiger partial charge is 0.372 e. The average molecular weight is 254 g/mol. The van der Waals surface area contributed by atoms with Crippen LogP contribution in [-0.2, 0) is 0 Å². The third kappa shape index (κ3) is 3.00. The Balaban J connectivity index is 2.70. The van der Waals surface area contributed by atoms with Crippen LogP contribution in [0.15, 0.2) is 22.9 Å². The van der Waals surface area contributed by atoms with E-state index in [1.807, 2.05) is 24.9 Å². The van der Waals surface area contributed by atoms with Gasteiger partial charge in [0, 0.05) is 24.3 Å². The van der Waals surface area contributed by atoms with Gasteiger partial charge in [-0.25, -0.2) is 0 Å². The van der Waals surface area contributed by atoms with Crippen molar-refractivity contribution in [3.8, 4) is 6.07 Å². The van der Waals surface area contributed by atoms with E-state index in [4.69, 9.17) is 5.26 Å². The maximum absolute atomic E-state index is 8.68. The van der Waals surface area contributed by atoms with Crippen molar-refractivity contribution in [3.63, 3.8) is 0 Å². The molecule has 1 rings (SSSR count). The smallest absolute Gasteiger partial charge is 0.0671 e. The van der Waals surface area contributed by atoms with Crippen molar-refractivity contribution < 1.29 is 0 Å². The molecule has 0 amide bonds. The summed E-state index contributed by atoms with van der Waals surface area (Å²) >= 11 is 3.36. The van der Waals surface area contributed by atoms with Crippen LogP contribution in [-0.4, -0.2) is 18.6 Å². The summed E-state index contributed by atoms with van der Waals surface area (Å²) in [4.78, 5) is 6.09. The van der Waals surface area contributed by atoms with E-state index in [9.17, 15) is 0 Å². The van der Waals surface area contributed by atoms with Crippen LogP contribution in [0.5, 0.6) is 0 Å². The van der Waals surface area contributed by atoms with Gasteiger partial charge in [0.1, 0.15) is 0 Å². The second-order valence-corrected chi connectivity index (χ2v) is 4.19. The van der Waals surface area contributed by atoms with Gasteiger partial charge in [-0.1, -0.05) is 0 Å². The zero-order valence-electron chi connectivity index (χ0n) is 8.24. The number of hydrogen-bond acceptors (Lipinski definition) is 3. The van der Waals surface area contributed by atoms with Gasteiger partial charge in [0.25, 0.3) is 0 Å². The highest BCUT2D eigenvalue weighted by atomic mass is 79.9. The molecule has 1 heterocycles. The second-order valence-electron chi connectivity index (χ2n) is 3.27. The Morgan fingerprint density at radius 3 is 2.93 bits per heavy atom. The molecular formula is C10H12BrN3. The van der Waals surface area contributed by atoms with Crippen LogP contribution in [0.2, 0.25) is 0 Å². The average Bonchev–Trinajstić information content (AvgIpc) is 2.17. The second kappa shape index (κ2) is 4.97. The highest BCUT2D eigenvalue weighted by Crippen LogP contribution is 2.17. The molecule has 0 saturated heterocycles. The first-order chi connectivity index (χ1) is 6.63. The number of halogens is 1. The van der Waals surface area contributed by atoms with Crippen LogP contribution in [0.3, 0.4) is 0 Å². The molecule has 0 spiro atoms. The fourth-order valence-corrected chi connectivity index (χ4v) is 1.52. The molecule has 0 aromatic carbocycles. The van der Waals surface area contributed by atoms with E-state index in [1.54, 1.807) is 12.4 Å². The Kier molecular flexibility index (Phi) is 3.90. The number of hydrogen-bond donors (Lipinski definition) is 0. The third-order valence-corrected chi connectivity index (χ3v) is 2.33. The summed E-state index contributed by atoms with van der Waals surface area (Å²) in [6.07, 6.45) is 3.53. The van der Waals surface area contributed by atoms with Crippen molar-refractivity contribution in [1.82, 2.24) is 4.98 Å². The maximum Gasteiger partial charge on any atom is 0.0671 e. The van der Waals surface area contributed by atoms with Gasteiger partial charge in [-0.3, -0.25) is 4.98 Å². The zero-order chi connectivity index (χ0) is 10.6. The van der Waals surface area contributed by atoms with Gasteiger partial charge in [-0.2, -0.15) is 5.26 Å². The normalized spacial score (nSPS) is 11.9. The predicted octanol–water partition coefficient (Wildman–Crippen LogP) is 2.44. The van der Waals surface area contributed by atoms with Crippen LogP contribution < -0.4 is 4.90 Å². The van der Waals surface area contributed by atoms with E-state index in [-0.39, 0.29) is 5.92 Å². The molecule has 1 aromatic rings. The van der Waals surface area contributed by atoms with Crippen molar-refractivity contribution in [2.75, 3.05) is 18.5 Å². The Bertz CT molecular complexity index is 345. The fourth-order valence-electron chi connectivity index (χ4n) is 1.17. The number of nitriles is 1. The Morgan fingerprint density at radius 2 is 2.36 bits per heavy atom. The van der Waals surface area contributed by atoms with E-state index >= 15 is 0 Å². The lowest BCUT2D eigenvalue weighted by atomic mass is 10.2. The Hall–Kier alpha value is -1.08. The zero-order valence-corrected chi connectivity index (χ0v) is 9.82. The van der Waals surface area contributed by atoms with Gasteiger partial charge in [0.05, 0.1) is 23.9 Å². The molecule has 14 heavy (non-hydrogen) atoms. The first-order valence-electron chi connectivity index (χ1n) is 4.35. The number of rotatable bonds is 3. The van der Waals surface area contributed by atoms with Crippen LogP contribution in [0.4, 0.5) is 5.69 Å². The molecule has 0 N–H and O–H groups in total. The van der Waals surface area contributed by atoms with Crippen molar-refractivity contribution >= 4 is 21.6 Å². The summed E-state index contributed by atoms with van der Waals surface area (Å²) < 4.78 is 0.950. The molecule has 0 fully saturated rings. The fraction of sp³-hybridized carbons (Fsp3) is 0.400. The molecule has 0 saturated carbocycles. The van der Waals surface area contributed by atoms with Gasteiger partial charge in [0.2, 0.25) is 0 Å². The lowest BCUT2D eigenvalue weighted by molar-refractivity contribution is 0.715. The van der Waals surface area contributed by atoms with Gasteiger partial charge in [0.15, 0.2) is 0 Å². The van der Waals surface area contributed by atoms with Gasteiger partial charge in [-0.15, -0.1) is 0 Å². The molecule has 4 heteroatoms. The van der Waals surface area contributed by atoms with E-state index in [2.05, 4.69) is 27.0 Å². The Labute approximate surface area is 92.5 Å². The van der Waals surface area contributed by atoms with Gasteiger partial charge in [-0.05, 0) is 28.9 Å². The maximum atomic E-state index is 8.68. The third-order valence-electron chi connectivity index (χ3n) is 1.90. The quantitative estimate of drug-likeness (QED) is 0.831. The molecule has 0 aliphatic heterocycles. The highest BCUT2D eigenvalue weighted by molar-refractivity contribution is 9.10. The highest BCUT2D eigenvalue weighted by Gasteiger charge is 2.06. The predicted molar refractivity (Wildman–Crippen MR) is 60.0 cm³/mol. The Morgan fingerprint density at radius 1 is 1.64 bits per heavy atom. The number of anilines is 1. The standard InChI is InChI=1S/C10H12BrN3/c1-8(4-12)7-14(2)10-3-9(11)5-13-6-10/h3,5-6,8H,7H2,1-2H3. The molecule has 0 radical (unpaired) electrons. The minimum absolute atomic E-state index is 0.0268. The summed E-state index contributed by atoms with van der Waals surface area (Å²) in [5.74, 6) is 0.0268. The first-order valence-corrected chi connectivity index (χ1v) is 5.14. The number of nitrogens with zero attached hydrogens (tertiary/aromatic N) is 3. The lowest BCUT2D eigenvalue weighted by Crippen LogP contribution is -2.23. The van der Waals surface area contributed by atoms with Crippen LogP contribution >= 0.6 is 15.9 Å². The van der Waals surface area contributed by atoms with Crippen molar-refractivity contribution in [3.05, 3.63) is 22.9 Å². The topological polar surface area (TPSA) is 39.9 Å². The number of aromatic nitrogens is 1. The minimum atomic E-state index is 0.0268. The molecule has 0 bridgehead atoms. The van der Waals surface area contributed by atoms with Crippen LogP contribution in [0.1, 0.15) is 6.92 Å². The van der Waals surface area contributed by atoms with E-state index < -0.39 is 0 Å². The molecule has 1 aromatic heterocycles. The van der Waals surface area contributed by atoms with Crippen LogP contribution in [0.25, 0.3) is 0 Å². The summed E-state index contributed by atoms with van der Waals surface area (Å²) in [6.45, 7) is 2.62. The summed E-state index contributed by atoms with van der Waals surface area (Å²) in [5.41, 5.74) is 1.02. The van der Waals surface area contributed by atoms with Gasteiger partial charge >= 0.3 is 0 Å². The minimum Gasteiger partial charge on any atom is -0.372 e. The number of pyridine rings is 1.